The maximum Gasteiger partial charge on any atom is 0.255 e. The van der Waals surface area contributed by atoms with E-state index in [9.17, 15) is 14.7 Å². The molecule has 0 saturated carbocycles. The highest BCUT2D eigenvalue weighted by Crippen LogP contribution is 2.24. The molecule has 0 radical (unpaired) electrons. The fraction of sp³-hybridized carbons (Fsp3) is 0.750. The highest BCUT2D eigenvalue weighted by Gasteiger charge is 2.29. The third-order valence-corrected chi connectivity index (χ3v) is 8.11. The maximum absolute atomic E-state index is 13.2. The van der Waals surface area contributed by atoms with Crippen LogP contribution in [-0.4, -0.2) is 86.5 Å². The molecule has 4 atom stereocenters. The minimum atomic E-state index is -0.803. The van der Waals surface area contributed by atoms with Crippen molar-refractivity contribution in [1.82, 2.24) is 15.5 Å². The highest BCUT2D eigenvalue weighted by atomic mass is 16.5. The van der Waals surface area contributed by atoms with Gasteiger partial charge in [0.25, 0.3) is 5.91 Å². The molecule has 1 heterocycles. The maximum atomic E-state index is 13.2. The van der Waals surface area contributed by atoms with Crippen molar-refractivity contribution in [1.29, 1.82) is 0 Å². The molecule has 234 valence electrons. The summed E-state index contributed by atoms with van der Waals surface area (Å²) in [5.74, 6) is 0.499. The number of nitrogens with zero attached hydrogens (tertiary/aromatic N) is 1. The van der Waals surface area contributed by atoms with Crippen LogP contribution in [0.25, 0.3) is 0 Å². The molecule has 0 aromatic heterocycles. The Bertz CT molecular complexity index is 891. The Balaban J connectivity index is 1.88. The number of benzene rings is 1. The summed E-state index contributed by atoms with van der Waals surface area (Å²) < 4.78 is 11.4. The molecule has 1 aromatic carbocycles. The van der Waals surface area contributed by atoms with Crippen LogP contribution in [0.2, 0.25) is 0 Å². The Morgan fingerprint density at radius 1 is 1.05 bits per heavy atom. The van der Waals surface area contributed by atoms with Gasteiger partial charge in [-0.2, -0.15) is 0 Å². The number of hydrogen-bond donors (Lipinski definition) is 4. The van der Waals surface area contributed by atoms with Gasteiger partial charge in [0.1, 0.15) is 5.75 Å². The van der Waals surface area contributed by atoms with Crippen LogP contribution < -0.4 is 21.1 Å². The van der Waals surface area contributed by atoms with Crippen molar-refractivity contribution in [3.8, 4) is 5.75 Å². The van der Waals surface area contributed by atoms with E-state index in [-0.39, 0.29) is 35.5 Å². The van der Waals surface area contributed by atoms with E-state index in [0.717, 1.165) is 52.1 Å². The first-order chi connectivity index (χ1) is 19.6. The van der Waals surface area contributed by atoms with Crippen LogP contribution in [0, 0.1) is 23.7 Å². The van der Waals surface area contributed by atoms with Gasteiger partial charge in [-0.15, -0.1) is 0 Å². The van der Waals surface area contributed by atoms with E-state index < -0.39 is 12.1 Å². The first-order valence-corrected chi connectivity index (χ1v) is 15.6. The lowest BCUT2D eigenvalue weighted by Crippen LogP contribution is -2.44. The number of aliphatic hydroxyl groups excluding tert-OH is 1. The van der Waals surface area contributed by atoms with Gasteiger partial charge >= 0.3 is 0 Å². The second kappa shape index (κ2) is 19.1. The second-order valence-electron chi connectivity index (χ2n) is 12.1. The van der Waals surface area contributed by atoms with Crippen molar-refractivity contribution >= 4 is 11.8 Å². The molecule has 0 spiro atoms. The van der Waals surface area contributed by atoms with Gasteiger partial charge in [-0.1, -0.05) is 53.2 Å². The normalized spacial score (nSPS) is 17.2. The summed E-state index contributed by atoms with van der Waals surface area (Å²) >= 11 is 0. The van der Waals surface area contributed by atoms with Crippen LogP contribution in [0.4, 0.5) is 0 Å². The van der Waals surface area contributed by atoms with Gasteiger partial charge in [0.05, 0.1) is 31.5 Å². The summed E-state index contributed by atoms with van der Waals surface area (Å²) in [6, 6.07) is 6.83. The number of carbonyl (C=O) groups excluding carboxylic acids is 2. The lowest BCUT2D eigenvalue weighted by Gasteiger charge is -2.30. The summed E-state index contributed by atoms with van der Waals surface area (Å²) in [6.07, 6.45) is 2.89. The molecule has 1 aliphatic rings. The topological polar surface area (TPSA) is 126 Å². The summed E-state index contributed by atoms with van der Waals surface area (Å²) in [4.78, 5) is 28.2. The molecule has 5 N–H and O–H groups in total. The Labute approximate surface area is 247 Å². The molecule has 1 fully saturated rings. The van der Waals surface area contributed by atoms with E-state index in [1.807, 2.05) is 32.0 Å². The van der Waals surface area contributed by atoms with Gasteiger partial charge in [0.2, 0.25) is 5.91 Å². The van der Waals surface area contributed by atoms with Gasteiger partial charge in [-0.05, 0) is 55.6 Å². The second-order valence-corrected chi connectivity index (χ2v) is 12.1. The van der Waals surface area contributed by atoms with Crippen molar-refractivity contribution in [2.75, 3.05) is 52.5 Å². The molecule has 1 aliphatic heterocycles. The number of carbonyl (C=O) groups is 2. The minimum Gasteiger partial charge on any atom is -0.493 e. The predicted octanol–water partition coefficient (Wildman–Crippen LogP) is 3.45. The molecule has 0 aliphatic carbocycles. The number of nitrogens with two attached hydrogens (primary N) is 1. The first-order valence-electron chi connectivity index (χ1n) is 15.6. The molecule has 1 aromatic rings. The Hall–Kier alpha value is -2.20. The fourth-order valence-corrected chi connectivity index (χ4v) is 5.13. The van der Waals surface area contributed by atoms with E-state index in [0.29, 0.717) is 43.9 Å². The molecular formula is C32H56N4O5. The largest absolute Gasteiger partial charge is 0.493 e. The highest BCUT2D eigenvalue weighted by molar-refractivity contribution is 5.96. The molecular weight excluding hydrogens is 520 g/mol. The van der Waals surface area contributed by atoms with E-state index in [4.69, 9.17) is 15.2 Å². The Kier molecular flexibility index (Phi) is 16.3. The monoisotopic (exact) mass is 576 g/mol. The number of unbranched alkanes of at least 4 members (excludes halogenated alkanes) is 1. The Morgan fingerprint density at radius 2 is 1.76 bits per heavy atom. The van der Waals surface area contributed by atoms with Crippen LogP contribution in [0.15, 0.2) is 24.3 Å². The SMILES string of the molecule is CCCCNC(=O)C(CC(O)C(N)CC(CNC(=O)c1ccccc1OCCCN1CCOCC1)C(C)C)C(C)C. The minimum absolute atomic E-state index is 0.0191. The third kappa shape index (κ3) is 12.7. The van der Waals surface area contributed by atoms with E-state index in [1.165, 1.54) is 0 Å². The molecule has 1 saturated heterocycles. The van der Waals surface area contributed by atoms with Gasteiger partial charge in [0.15, 0.2) is 0 Å². The summed E-state index contributed by atoms with van der Waals surface area (Å²) in [5, 5.41) is 17.0. The predicted molar refractivity (Wildman–Crippen MR) is 164 cm³/mol. The summed E-state index contributed by atoms with van der Waals surface area (Å²) in [7, 11) is 0. The van der Waals surface area contributed by atoms with Crippen molar-refractivity contribution in [3.63, 3.8) is 0 Å². The van der Waals surface area contributed by atoms with Crippen LogP contribution in [-0.2, 0) is 9.53 Å². The molecule has 9 nitrogen and oxygen atoms in total. The number of aliphatic hydroxyl groups is 1. The van der Waals surface area contributed by atoms with Crippen LogP contribution in [0.1, 0.15) is 77.1 Å². The molecule has 9 heteroatoms. The Morgan fingerprint density at radius 3 is 2.41 bits per heavy atom. The van der Waals surface area contributed by atoms with Crippen molar-refractivity contribution in [3.05, 3.63) is 29.8 Å². The third-order valence-electron chi connectivity index (χ3n) is 8.11. The van der Waals surface area contributed by atoms with E-state index in [2.05, 4.69) is 36.3 Å². The van der Waals surface area contributed by atoms with Crippen molar-refractivity contribution < 1.29 is 24.2 Å². The van der Waals surface area contributed by atoms with Gasteiger partial charge in [-0.25, -0.2) is 0 Å². The molecule has 0 bridgehead atoms. The summed E-state index contributed by atoms with van der Waals surface area (Å²) in [5.41, 5.74) is 6.98. The number of ether oxygens (including phenoxy) is 2. The van der Waals surface area contributed by atoms with Crippen molar-refractivity contribution in [2.24, 2.45) is 29.4 Å². The first kappa shape index (κ1) is 35.0. The lowest BCUT2D eigenvalue weighted by molar-refractivity contribution is -0.127. The zero-order chi connectivity index (χ0) is 30.2. The number of hydrogen-bond acceptors (Lipinski definition) is 7. The number of para-hydroxylation sites is 1. The van der Waals surface area contributed by atoms with Gasteiger partial charge in [0, 0.05) is 44.7 Å². The zero-order valence-electron chi connectivity index (χ0n) is 26.1. The van der Waals surface area contributed by atoms with Crippen LogP contribution >= 0.6 is 0 Å². The van der Waals surface area contributed by atoms with E-state index in [1.54, 1.807) is 6.07 Å². The molecule has 4 unspecified atom stereocenters. The summed E-state index contributed by atoms with van der Waals surface area (Å²) in [6.45, 7) is 16.3. The van der Waals surface area contributed by atoms with E-state index >= 15 is 0 Å². The molecule has 2 rings (SSSR count). The van der Waals surface area contributed by atoms with Crippen LogP contribution in [0.3, 0.4) is 0 Å². The standard InChI is InChI=1S/C32H56N4O5/c1-6-7-13-34-32(39)27(24(4)5)21-29(37)28(33)20-25(23(2)3)22-35-31(38)26-11-8-9-12-30(26)41-17-10-14-36-15-18-40-19-16-36/h8-9,11-12,23-25,27-29,37H,6-7,10,13-22,33H2,1-5H3,(H,34,39)(H,35,38). The molecule has 2 amide bonds. The van der Waals surface area contributed by atoms with Crippen molar-refractivity contribution in [2.45, 2.75) is 78.9 Å². The smallest absolute Gasteiger partial charge is 0.255 e. The number of amides is 2. The van der Waals surface area contributed by atoms with Crippen LogP contribution in [0.5, 0.6) is 5.75 Å². The van der Waals surface area contributed by atoms with Gasteiger partial charge in [-0.3, -0.25) is 14.5 Å². The number of rotatable bonds is 19. The fourth-order valence-electron chi connectivity index (χ4n) is 5.13. The average Bonchev–Trinajstić information content (AvgIpc) is 2.96. The lowest BCUT2D eigenvalue weighted by atomic mass is 9.83. The zero-order valence-corrected chi connectivity index (χ0v) is 26.1. The molecule has 41 heavy (non-hydrogen) atoms. The number of morpholine rings is 1. The number of nitrogens with one attached hydrogen (secondary N) is 2. The average molecular weight is 577 g/mol. The van der Waals surface area contributed by atoms with Gasteiger partial charge < -0.3 is 30.9 Å². The quantitative estimate of drug-likeness (QED) is 0.186.